The number of halogens is 1. The monoisotopic (exact) mass is 432 g/mol. The third-order valence-electron chi connectivity index (χ3n) is 9.78. The summed E-state index contributed by atoms with van der Waals surface area (Å²) in [6, 6.07) is 0. The van der Waals surface area contributed by atoms with Crippen LogP contribution in [0.1, 0.15) is 57.7 Å². The summed E-state index contributed by atoms with van der Waals surface area (Å²) >= 11 is 0. The van der Waals surface area contributed by atoms with Crippen molar-refractivity contribution in [2.24, 2.45) is 35.6 Å². The first-order valence-corrected chi connectivity index (χ1v) is 11.4. The van der Waals surface area contributed by atoms with E-state index in [2.05, 4.69) is 5.10 Å². The molecule has 4 aliphatic carbocycles. The second-order valence-corrected chi connectivity index (χ2v) is 11.0. The molecule has 5 rings (SSSR count). The van der Waals surface area contributed by atoms with Gasteiger partial charge in [0, 0.05) is 30.0 Å². The van der Waals surface area contributed by atoms with Gasteiger partial charge < -0.3 is 15.3 Å². The lowest BCUT2D eigenvalue weighted by molar-refractivity contribution is -0.226. The number of carbonyl (C=O) groups is 1. The molecule has 3 saturated carbocycles. The topological polar surface area (TPSA) is 95.6 Å². The SMILES string of the molecule is C[C@@H]1C[C@H]2[C@@H]3CCC4=Cc5nn(C)cc5C[C@]4(C)[C@@]3(F)[C@@H](O)C[C@]2(C)[C@@]1(O)C(=O)CO. The van der Waals surface area contributed by atoms with E-state index < -0.39 is 52.4 Å². The molecular formula is C24H33FN2O4. The molecule has 0 amide bonds. The summed E-state index contributed by atoms with van der Waals surface area (Å²) < 4.78 is 19.1. The van der Waals surface area contributed by atoms with Crippen molar-refractivity contribution in [1.29, 1.82) is 0 Å². The molecule has 0 aliphatic heterocycles. The Balaban J connectivity index is 1.62. The molecule has 0 radical (unpaired) electrons. The zero-order valence-corrected chi connectivity index (χ0v) is 18.7. The van der Waals surface area contributed by atoms with E-state index in [-0.39, 0.29) is 12.3 Å². The summed E-state index contributed by atoms with van der Waals surface area (Å²) in [7, 11) is 1.86. The molecule has 6 nitrogen and oxygen atoms in total. The molecule has 1 aromatic rings. The lowest BCUT2D eigenvalue weighted by Gasteiger charge is -2.63. The Morgan fingerprint density at radius 3 is 2.74 bits per heavy atom. The maximum absolute atomic E-state index is 17.4. The van der Waals surface area contributed by atoms with Crippen LogP contribution in [0.5, 0.6) is 0 Å². The third-order valence-corrected chi connectivity index (χ3v) is 9.78. The second-order valence-electron chi connectivity index (χ2n) is 11.0. The predicted octanol–water partition coefficient (Wildman–Crippen LogP) is 2.20. The molecule has 31 heavy (non-hydrogen) atoms. The molecule has 1 aromatic heterocycles. The number of aryl methyl sites for hydroxylation is 1. The first-order chi connectivity index (χ1) is 14.4. The summed E-state index contributed by atoms with van der Waals surface area (Å²) in [5.41, 5.74) is -2.59. The summed E-state index contributed by atoms with van der Waals surface area (Å²) in [5.74, 6) is -1.74. The highest BCUT2D eigenvalue weighted by Crippen LogP contribution is 2.71. The van der Waals surface area contributed by atoms with Crippen LogP contribution in [0.2, 0.25) is 0 Å². The van der Waals surface area contributed by atoms with Crippen molar-refractivity contribution in [2.45, 2.75) is 70.2 Å². The Kier molecular flexibility index (Phi) is 4.30. The number of nitrogens with zero attached hydrogens (tertiary/aromatic N) is 2. The van der Waals surface area contributed by atoms with Gasteiger partial charge >= 0.3 is 0 Å². The van der Waals surface area contributed by atoms with Crippen LogP contribution >= 0.6 is 0 Å². The highest BCUT2D eigenvalue weighted by atomic mass is 19.1. The van der Waals surface area contributed by atoms with E-state index in [1.807, 2.05) is 40.1 Å². The van der Waals surface area contributed by atoms with Crippen LogP contribution < -0.4 is 0 Å². The highest BCUT2D eigenvalue weighted by Gasteiger charge is 2.75. The van der Waals surface area contributed by atoms with E-state index in [1.54, 1.807) is 4.68 Å². The molecule has 3 fully saturated rings. The first kappa shape index (κ1) is 21.3. The molecule has 0 saturated heterocycles. The van der Waals surface area contributed by atoms with Gasteiger partial charge in [-0.2, -0.15) is 5.10 Å². The largest absolute Gasteiger partial charge is 0.390 e. The van der Waals surface area contributed by atoms with Gasteiger partial charge in [0.05, 0.1) is 11.8 Å². The minimum atomic E-state index is -1.86. The number of fused-ring (bicyclic) bond motifs is 6. The highest BCUT2D eigenvalue weighted by molar-refractivity contribution is 5.90. The fourth-order valence-corrected chi connectivity index (χ4v) is 8.24. The molecule has 8 atom stereocenters. The average Bonchev–Trinajstić information content (AvgIpc) is 3.15. The van der Waals surface area contributed by atoms with Gasteiger partial charge in [-0.1, -0.05) is 26.3 Å². The van der Waals surface area contributed by atoms with Gasteiger partial charge in [0.2, 0.25) is 0 Å². The third kappa shape index (κ3) is 2.28. The molecule has 1 heterocycles. The fraction of sp³-hybridized carbons (Fsp3) is 0.750. The van der Waals surface area contributed by atoms with Crippen LogP contribution in [0.25, 0.3) is 6.08 Å². The number of ketones is 1. The summed E-state index contributed by atoms with van der Waals surface area (Å²) in [4.78, 5) is 12.7. The second kappa shape index (κ2) is 6.27. The minimum Gasteiger partial charge on any atom is -0.390 e. The minimum absolute atomic E-state index is 0.0000134. The summed E-state index contributed by atoms with van der Waals surface area (Å²) in [6.45, 7) is 4.79. The average molecular weight is 433 g/mol. The van der Waals surface area contributed by atoms with Crippen LogP contribution in [0, 0.1) is 28.6 Å². The standard InChI is InChI=1S/C24H33FN2O4/c1-13-7-17-16-6-5-15-8-18-14(11-27(4)26-18)9-21(15,2)23(16,25)19(29)10-22(17,3)24(13,31)20(30)12-28/h8,11,13,16-17,19,28-29,31H,5-7,9-10,12H2,1-4H3/t13-,16+,17+,19+,21+,22+,23+,24+/m1/s1. The van der Waals surface area contributed by atoms with E-state index >= 15 is 4.39 Å². The molecule has 0 bridgehead atoms. The van der Waals surface area contributed by atoms with Crippen molar-refractivity contribution in [3.63, 3.8) is 0 Å². The van der Waals surface area contributed by atoms with Gasteiger partial charge in [-0.25, -0.2) is 4.39 Å². The Morgan fingerprint density at radius 1 is 1.35 bits per heavy atom. The van der Waals surface area contributed by atoms with Gasteiger partial charge in [-0.15, -0.1) is 0 Å². The first-order valence-electron chi connectivity index (χ1n) is 11.4. The number of alkyl halides is 1. The number of allylic oxidation sites excluding steroid dienone is 1. The molecule has 0 spiro atoms. The Bertz CT molecular complexity index is 990. The summed E-state index contributed by atoms with van der Waals surface area (Å²) in [5, 5.41) is 37.0. The van der Waals surface area contributed by atoms with Crippen molar-refractivity contribution >= 4 is 11.9 Å². The Morgan fingerprint density at radius 2 is 2.06 bits per heavy atom. The predicted molar refractivity (Wildman–Crippen MR) is 113 cm³/mol. The van der Waals surface area contributed by atoms with E-state index in [9.17, 15) is 20.1 Å². The maximum Gasteiger partial charge on any atom is 0.190 e. The molecule has 4 aliphatic rings. The van der Waals surface area contributed by atoms with E-state index in [4.69, 9.17) is 0 Å². The van der Waals surface area contributed by atoms with Crippen molar-refractivity contribution in [3.8, 4) is 0 Å². The Hall–Kier alpha value is -1.57. The van der Waals surface area contributed by atoms with Crippen LogP contribution in [0.3, 0.4) is 0 Å². The molecular weight excluding hydrogens is 399 g/mol. The van der Waals surface area contributed by atoms with Crippen molar-refractivity contribution < 1.29 is 24.5 Å². The van der Waals surface area contributed by atoms with Gasteiger partial charge in [0.15, 0.2) is 5.78 Å². The lowest BCUT2D eigenvalue weighted by Crippen LogP contribution is -2.70. The number of carbonyl (C=O) groups excluding carboxylic acids is 1. The molecule has 7 heteroatoms. The quantitative estimate of drug-likeness (QED) is 0.666. The normalized spacial score (nSPS) is 48.3. The van der Waals surface area contributed by atoms with Crippen LogP contribution in [-0.4, -0.2) is 54.9 Å². The Labute approximate surface area is 182 Å². The molecule has 0 aromatic carbocycles. The molecule has 0 unspecified atom stereocenters. The zero-order chi connectivity index (χ0) is 22.6. The molecule has 3 N–H and O–H groups in total. The van der Waals surface area contributed by atoms with Crippen molar-refractivity contribution in [1.82, 2.24) is 9.78 Å². The number of rotatable bonds is 2. The van der Waals surface area contributed by atoms with Gasteiger partial charge in [0.25, 0.3) is 0 Å². The summed E-state index contributed by atoms with van der Waals surface area (Å²) in [6.07, 6.45) is 4.88. The number of aromatic nitrogens is 2. The van der Waals surface area contributed by atoms with Crippen molar-refractivity contribution in [2.75, 3.05) is 6.61 Å². The number of hydrogen-bond donors (Lipinski definition) is 3. The van der Waals surface area contributed by atoms with Crippen LogP contribution in [-0.2, 0) is 18.3 Å². The number of aliphatic hydroxyl groups is 3. The number of hydrogen-bond acceptors (Lipinski definition) is 5. The smallest absolute Gasteiger partial charge is 0.190 e. The van der Waals surface area contributed by atoms with Crippen LogP contribution in [0.4, 0.5) is 4.39 Å². The maximum atomic E-state index is 17.4. The number of Topliss-reactive ketones (excluding diaryl/α,β-unsaturated/α-hetero) is 1. The zero-order valence-electron chi connectivity index (χ0n) is 18.7. The fourth-order valence-electron chi connectivity index (χ4n) is 8.24. The number of aliphatic hydroxyl groups excluding tert-OH is 2. The molecule has 170 valence electrons. The van der Waals surface area contributed by atoms with Crippen LogP contribution in [0.15, 0.2) is 11.8 Å². The van der Waals surface area contributed by atoms with Gasteiger partial charge in [0.1, 0.15) is 17.9 Å². The lowest BCUT2D eigenvalue weighted by atomic mass is 9.43. The van der Waals surface area contributed by atoms with Gasteiger partial charge in [-0.05, 0) is 55.6 Å². The van der Waals surface area contributed by atoms with Gasteiger partial charge in [-0.3, -0.25) is 9.48 Å². The van der Waals surface area contributed by atoms with E-state index in [0.717, 1.165) is 16.8 Å². The van der Waals surface area contributed by atoms with E-state index in [0.29, 0.717) is 25.7 Å². The van der Waals surface area contributed by atoms with Crippen molar-refractivity contribution in [3.05, 3.63) is 23.0 Å². The van der Waals surface area contributed by atoms with E-state index in [1.165, 1.54) is 0 Å².